The molecule has 1 saturated heterocycles. The number of ether oxygens (including phenoxy) is 2. The number of amides is 2. The molecule has 2 aliphatic rings. The Morgan fingerprint density at radius 3 is 2.52 bits per heavy atom. The van der Waals surface area contributed by atoms with Crippen LogP contribution < -0.4 is 19.7 Å². The fraction of sp³-hybridized carbons (Fsp3) is 0.579. The minimum Gasteiger partial charge on any atom is -0.493 e. The van der Waals surface area contributed by atoms with Gasteiger partial charge < -0.3 is 19.7 Å². The van der Waals surface area contributed by atoms with Gasteiger partial charge in [0.25, 0.3) is 0 Å². The summed E-state index contributed by atoms with van der Waals surface area (Å²) >= 11 is 0. The number of hydrogen-bond donors (Lipinski definition) is 1. The van der Waals surface area contributed by atoms with Crippen LogP contribution in [-0.2, 0) is 9.59 Å². The van der Waals surface area contributed by atoms with Crippen LogP contribution in [0, 0.1) is 5.92 Å². The topological polar surface area (TPSA) is 67.9 Å². The fourth-order valence-corrected chi connectivity index (χ4v) is 3.73. The van der Waals surface area contributed by atoms with Gasteiger partial charge in [-0.25, -0.2) is 0 Å². The lowest BCUT2D eigenvalue weighted by Gasteiger charge is -2.23. The van der Waals surface area contributed by atoms with E-state index in [-0.39, 0.29) is 23.8 Å². The maximum Gasteiger partial charge on any atom is 0.229 e. The number of benzene rings is 1. The SMILES string of the molecule is COc1ccc(N2C[C@H](NC(=O)C3CCCCC3)CC2=O)cc1OC. The summed E-state index contributed by atoms with van der Waals surface area (Å²) < 4.78 is 10.5. The molecule has 25 heavy (non-hydrogen) atoms. The molecule has 1 heterocycles. The number of anilines is 1. The lowest BCUT2D eigenvalue weighted by molar-refractivity contribution is -0.126. The molecular weight excluding hydrogens is 320 g/mol. The molecule has 1 saturated carbocycles. The first-order chi connectivity index (χ1) is 12.1. The molecule has 1 aromatic rings. The Morgan fingerprint density at radius 2 is 1.84 bits per heavy atom. The smallest absolute Gasteiger partial charge is 0.229 e. The van der Waals surface area contributed by atoms with Gasteiger partial charge in [-0.2, -0.15) is 0 Å². The van der Waals surface area contributed by atoms with Gasteiger partial charge in [0.05, 0.1) is 20.3 Å². The number of nitrogens with one attached hydrogen (secondary N) is 1. The highest BCUT2D eigenvalue weighted by atomic mass is 16.5. The zero-order valence-electron chi connectivity index (χ0n) is 14.9. The van der Waals surface area contributed by atoms with E-state index in [2.05, 4.69) is 5.32 Å². The molecule has 6 heteroatoms. The van der Waals surface area contributed by atoms with Gasteiger partial charge >= 0.3 is 0 Å². The first kappa shape index (κ1) is 17.6. The molecule has 1 N–H and O–H groups in total. The molecule has 0 aromatic heterocycles. The van der Waals surface area contributed by atoms with Gasteiger partial charge in [0.15, 0.2) is 11.5 Å². The second-order valence-electron chi connectivity index (χ2n) is 6.79. The fourth-order valence-electron chi connectivity index (χ4n) is 3.73. The van der Waals surface area contributed by atoms with Crippen LogP contribution in [0.2, 0.25) is 0 Å². The average molecular weight is 346 g/mol. The first-order valence-corrected chi connectivity index (χ1v) is 8.95. The Hall–Kier alpha value is -2.24. The summed E-state index contributed by atoms with van der Waals surface area (Å²) in [5.41, 5.74) is 0.761. The van der Waals surface area contributed by atoms with Crippen LogP contribution in [0.5, 0.6) is 11.5 Å². The third-order valence-electron chi connectivity index (χ3n) is 5.13. The predicted molar refractivity (Wildman–Crippen MR) is 95.0 cm³/mol. The quantitative estimate of drug-likeness (QED) is 0.889. The second-order valence-corrected chi connectivity index (χ2v) is 6.79. The molecule has 1 aliphatic heterocycles. The number of carbonyl (C=O) groups is 2. The summed E-state index contributed by atoms with van der Waals surface area (Å²) in [4.78, 5) is 26.5. The number of carbonyl (C=O) groups excluding carboxylic acids is 2. The van der Waals surface area contributed by atoms with Gasteiger partial charge in [0.2, 0.25) is 11.8 Å². The summed E-state index contributed by atoms with van der Waals surface area (Å²) in [7, 11) is 3.15. The van der Waals surface area contributed by atoms with Crippen LogP contribution in [0.4, 0.5) is 5.69 Å². The van der Waals surface area contributed by atoms with Crippen LogP contribution in [-0.4, -0.2) is 38.6 Å². The Morgan fingerprint density at radius 1 is 1.12 bits per heavy atom. The standard InChI is InChI=1S/C19H26N2O4/c1-24-16-9-8-15(11-17(16)25-2)21-12-14(10-18(21)22)20-19(23)13-6-4-3-5-7-13/h8-9,11,13-14H,3-7,10,12H2,1-2H3,(H,20,23)/t14-/m1/s1. The van der Waals surface area contributed by atoms with E-state index in [0.29, 0.717) is 24.5 Å². The molecule has 6 nitrogen and oxygen atoms in total. The van der Waals surface area contributed by atoms with E-state index in [1.807, 2.05) is 6.07 Å². The van der Waals surface area contributed by atoms with Crippen molar-refractivity contribution in [3.05, 3.63) is 18.2 Å². The molecule has 2 fully saturated rings. The van der Waals surface area contributed by atoms with Crippen molar-refractivity contribution < 1.29 is 19.1 Å². The van der Waals surface area contributed by atoms with E-state index in [4.69, 9.17) is 9.47 Å². The summed E-state index contributed by atoms with van der Waals surface area (Å²) in [5.74, 6) is 1.44. The molecule has 0 spiro atoms. The molecule has 1 atom stereocenters. The van der Waals surface area contributed by atoms with E-state index >= 15 is 0 Å². The van der Waals surface area contributed by atoms with E-state index in [9.17, 15) is 9.59 Å². The maximum absolute atomic E-state index is 12.4. The largest absolute Gasteiger partial charge is 0.493 e. The Kier molecular flexibility index (Phi) is 5.46. The molecule has 0 bridgehead atoms. The third-order valence-corrected chi connectivity index (χ3v) is 5.13. The molecule has 3 rings (SSSR count). The monoisotopic (exact) mass is 346 g/mol. The van der Waals surface area contributed by atoms with Crippen molar-refractivity contribution in [1.29, 1.82) is 0 Å². The van der Waals surface area contributed by atoms with Crippen molar-refractivity contribution in [1.82, 2.24) is 5.32 Å². The van der Waals surface area contributed by atoms with Gasteiger partial charge in [-0.15, -0.1) is 0 Å². The van der Waals surface area contributed by atoms with Gasteiger partial charge in [-0.05, 0) is 25.0 Å². The second kappa shape index (κ2) is 7.76. The van der Waals surface area contributed by atoms with Crippen molar-refractivity contribution in [3.8, 4) is 11.5 Å². The van der Waals surface area contributed by atoms with E-state index in [0.717, 1.165) is 31.4 Å². The Labute approximate surface area is 148 Å². The third kappa shape index (κ3) is 3.89. The van der Waals surface area contributed by atoms with Crippen molar-refractivity contribution >= 4 is 17.5 Å². The minimum absolute atomic E-state index is 0.0150. The van der Waals surface area contributed by atoms with Crippen molar-refractivity contribution in [2.75, 3.05) is 25.7 Å². The Balaban J connectivity index is 1.65. The van der Waals surface area contributed by atoms with E-state index < -0.39 is 0 Å². The molecule has 1 aromatic carbocycles. The zero-order valence-corrected chi connectivity index (χ0v) is 14.9. The lowest BCUT2D eigenvalue weighted by atomic mass is 9.88. The van der Waals surface area contributed by atoms with Crippen molar-refractivity contribution in [3.63, 3.8) is 0 Å². The number of rotatable bonds is 5. The summed E-state index contributed by atoms with van der Waals surface area (Å²) in [6.07, 6.45) is 5.74. The van der Waals surface area contributed by atoms with Gasteiger partial charge in [0.1, 0.15) is 0 Å². The number of methoxy groups -OCH3 is 2. The zero-order chi connectivity index (χ0) is 17.8. The normalized spacial score (nSPS) is 21.3. The highest BCUT2D eigenvalue weighted by Crippen LogP contribution is 2.33. The molecule has 1 aliphatic carbocycles. The van der Waals surface area contributed by atoms with Crippen LogP contribution in [0.3, 0.4) is 0 Å². The van der Waals surface area contributed by atoms with Gasteiger partial charge in [-0.3, -0.25) is 9.59 Å². The molecule has 0 radical (unpaired) electrons. The van der Waals surface area contributed by atoms with Crippen molar-refractivity contribution in [2.45, 2.75) is 44.6 Å². The van der Waals surface area contributed by atoms with Crippen LogP contribution in [0.1, 0.15) is 38.5 Å². The molecular formula is C19H26N2O4. The maximum atomic E-state index is 12.4. The minimum atomic E-state index is -0.130. The molecule has 0 unspecified atom stereocenters. The highest BCUT2D eigenvalue weighted by Gasteiger charge is 2.33. The van der Waals surface area contributed by atoms with Crippen LogP contribution in [0.15, 0.2) is 18.2 Å². The number of nitrogens with zero attached hydrogens (tertiary/aromatic N) is 1. The van der Waals surface area contributed by atoms with E-state index in [1.165, 1.54) is 6.42 Å². The average Bonchev–Trinajstić information content (AvgIpc) is 3.01. The molecule has 136 valence electrons. The van der Waals surface area contributed by atoms with Crippen LogP contribution in [0.25, 0.3) is 0 Å². The number of hydrogen-bond acceptors (Lipinski definition) is 4. The van der Waals surface area contributed by atoms with E-state index in [1.54, 1.807) is 31.3 Å². The van der Waals surface area contributed by atoms with Gasteiger partial charge in [0, 0.05) is 30.6 Å². The van der Waals surface area contributed by atoms with Crippen LogP contribution >= 0.6 is 0 Å². The first-order valence-electron chi connectivity index (χ1n) is 8.95. The molecule has 2 amide bonds. The predicted octanol–water partition coefficient (Wildman–Crippen LogP) is 2.51. The highest BCUT2D eigenvalue weighted by molar-refractivity contribution is 5.97. The summed E-state index contributed by atoms with van der Waals surface area (Å²) in [5, 5.41) is 3.07. The summed E-state index contributed by atoms with van der Waals surface area (Å²) in [6, 6.07) is 5.29. The van der Waals surface area contributed by atoms with Gasteiger partial charge in [-0.1, -0.05) is 19.3 Å². The summed E-state index contributed by atoms with van der Waals surface area (Å²) in [6.45, 7) is 0.493. The lowest BCUT2D eigenvalue weighted by Crippen LogP contribution is -2.41. The Bertz CT molecular complexity index is 640. The van der Waals surface area contributed by atoms with Crippen molar-refractivity contribution in [2.24, 2.45) is 5.92 Å².